The molecule has 0 fully saturated rings. The zero-order chi connectivity index (χ0) is 9.68. The van der Waals surface area contributed by atoms with Crippen LogP contribution < -0.4 is 5.32 Å². The molecule has 0 radical (unpaired) electrons. The first-order chi connectivity index (χ1) is 6.18. The summed E-state index contributed by atoms with van der Waals surface area (Å²) in [5.74, 6) is -0.110. The van der Waals surface area contributed by atoms with E-state index in [0.29, 0.717) is 11.4 Å². The van der Waals surface area contributed by atoms with Crippen LogP contribution in [0.2, 0.25) is 0 Å². The molecule has 0 aliphatic carbocycles. The Morgan fingerprint density at radius 1 is 1.38 bits per heavy atom. The molecule has 68 valence electrons. The van der Waals surface area contributed by atoms with Crippen molar-refractivity contribution in [3.8, 4) is 0 Å². The summed E-state index contributed by atoms with van der Waals surface area (Å²) in [6, 6.07) is 9.81. The number of benzene rings is 1. The fraction of sp³-hybridized carbons (Fsp3) is 0.200. The van der Waals surface area contributed by atoms with Crippen molar-refractivity contribution in [1.82, 2.24) is 5.32 Å². The molecule has 0 aliphatic rings. The summed E-state index contributed by atoms with van der Waals surface area (Å²) >= 11 is 4.98. The highest BCUT2D eigenvalue weighted by Crippen LogP contribution is 1.99. The zero-order valence-corrected chi connectivity index (χ0v) is 8.23. The van der Waals surface area contributed by atoms with Crippen LogP contribution >= 0.6 is 12.2 Å². The highest BCUT2D eigenvalue weighted by molar-refractivity contribution is 7.80. The monoisotopic (exact) mass is 193 g/mol. The van der Waals surface area contributed by atoms with Crippen molar-refractivity contribution in [2.45, 2.75) is 13.3 Å². The summed E-state index contributed by atoms with van der Waals surface area (Å²) in [6.07, 6.45) is 0.621. The molecule has 0 saturated carbocycles. The maximum atomic E-state index is 10.6. The molecule has 0 saturated heterocycles. The molecule has 0 spiro atoms. The van der Waals surface area contributed by atoms with Gasteiger partial charge < -0.3 is 5.32 Å². The Morgan fingerprint density at radius 2 is 2.00 bits per heavy atom. The van der Waals surface area contributed by atoms with E-state index in [4.69, 9.17) is 12.2 Å². The van der Waals surface area contributed by atoms with Crippen LogP contribution in [0.4, 0.5) is 0 Å². The lowest BCUT2D eigenvalue weighted by Crippen LogP contribution is -2.27. The molecule has 0 aliphatic heterocycles. The molecule has 2 nitrogen and oxygen atoms in total. The summed E-state index contributed by atoms with van der Waals surface area (Å²) < 4.78 is 0. The van der Waals surface area contributed by atoms with Crippen molar-refractivity contribution in [3.05, 3.63) is 35.9 Å². The molecule has 0 unspecified atom stereocenters. The van der Waals surface area contributed by atoms with Crippen LogP contribution in [0.1, 0.15) is 12.5 Å². The third-order valence-electron chi connectivity index (χ3n) is 1.52. The quantitative estimate of drug-likeness (QED) is 0.724. The summed E-state index contributed by atoms with van der Waals surface area (Å²) in [7, 11) is 0. The molecule has 0 aromatic heterocycles. The molecule has 1 aromatic carbocycles. The normalized spacial score (nSPS) is 9.31. The molecular weight excluding hydrogens is 182 g/mol. The first kappa shape index (κ1) is 9.86. The van der Waals surface area contributed by atoms with Crippen LogP contribution in [0, 0.1) is 0 Å². The van der Waals surface area contributed by atoms with Crippen molar-refractivity contribution in [2.75, 3.05) is 0 Å². The third-order valence-corrected chi connectivity index (χ3v) is 1.77. The number of thiocarbonyl (C=S) groups is 1. The molecule has 0 heterocycles. The van der Waals surface area contributed by atoms with Gasteiger partial charge in [-0.05, 0) is 5.56 Å². The largest absolute Gasteiger partial charge is 0.320 e. The topological polar surface area (TPSA) is 29.1 Å². The molecule has 0 bridgehead atoms. The smallest absolute Gasteiger partial charge is 0.221 e. The molecule has 1 N–H and O–H groups in total. The summed E-state index contributed by atoms with van der Waals surface area (Å²) in [5.41, 5.74) is 1.11. The highest BCUT2D eigenvalue weighted by atomic mass is 32.1. The van der Waals surface area contributed by atoms with E-state index < -0.39 is 0 Å². The Kier molecular flexibility index (Phi) is 3.58. The second-order valence-electron chi connectivity index (χ2n) is 2.77. The molecule has 1 rings (SSSR count). The Morgan fingerprint density at radius 3 is 2.54 bits per heavy atom. The van der Waals surface area contributed by atoms with Gasteiger partial charge >= 0.3 is 0 Å². The van der Waals surface area contributed by atoms with Gasteiger partial charge in [0.15, 0.2) is 0 Å². The van der Waals surface area contributed by atoms with Crippen LogP contribution in [0.5, 0.6) is 0 Å². The van der Waals surface area contributed by atoms with Gasteiger partial charge in [0.2, 0.25) is 5.91 Å². The zero-order valence-electron chi connectivity index (χ0n) is 7.41. The summed E-state index contributed by atoms with van der Waals surface area (Å²) in [6.45, 7) is 1.46. The lowest BCUT2D eigenvalue weighted by Gasteiger charge is -2.03. The van der Waals surface area contributed by atoms with Crippen LogP contribution in [0.25, 0.3) is 0 Å². The minimum absolute atomic E-state index is 0.110. The number of carbonyl (C=O) groups excluding carboxylic acids is 1. The van der Waals surface area contributed by atoms with E-state index in [1.165, 1.54) is 6.92 Å². The van der Waals surface area contributed by atoms with Gasteiger partial charge in [0.25, 0.3) is 0 Å². The fourth-order valence-corrected chi connectivity index (χ4v) is 1.33. The Bertz CT molecular complexity index is 308. The van der Waals surface area contributed by atoms with Gasteiger partial charge in [-0.3, -0.25) is 4.79 Å². The van der Waals surface area contributed by atoms with E-state index in [2.05, 4.69) is 5.32 Å². The molecule has 0 atom stereocenters. The first-order valence-corrected chi connectivity index (χ1v) is 4.43. The second-order valence-corrected chi connectivity index (χ2v) is 3.26. The Hall–Kier alpha value is -1.22. The standard InChI is InChI=1S/C10H11NOS/c1-8(12)11-10(13)7-9-5-3-2-4-6-9/h2-6H,7H2,1H3,(H,11,12,13). The number of carbonyl (C=O) groups is 1. The Labute approximate surface area is 83.0 Å². The van der Waals surface area contributed by atoms with Gasteiger partial charge in [-0.1, -0.05) is 42.5 Å². The minimum Gasteiger partial charge on any atom is -0.320 e. The molecule has 1 amide bonds. The Balaban J connectivity index is 2.50. The lowest BCUT2D eigenvalue weighted by molar-refractivity contribution is -0.117. The predicted octanol–water partition coefficient (Wildman–Crippen LogP) is 1.69. The lowest BCUT2D eigenvalue weighted by atomic mass is 10.1. The number of amides is 1. The molecule has 3 heteroatoms. The SMILES string of the molecule is CC(=O)NC(=S)Cc1ccccc1. The number of hydrogen-bond donors (Lipinski definition) is 1. The van der Waals surface area contributed by atoms with Gasteiger partial charge in [0, 0.05) is 13.3 Å². The second kappa shape index (κ2) is 4.72. The van der Waals surface area contributed by atoms with Gasteiger partial charge in [0.05, 0.1) is 4.99 Å². The number of rotatable bonds is 2. The number of hydrogen-bond acceptors (Lipinski definition) is 2. The van der Waals surface area contributed by atoms with E-state index in [1.807, 2.05) is 30.3 Å². The maximum Gasteiger partial charge on any atom is 0.221 e. The van der Waals surface area contributed by atoms with Gasteiger partial charge in [-0.2, -0.15) is 0 Å². The summed E-state index contributed by atoms with van der Waals surface area (Å²) in [5, 5.41) is 2.58. The maximum absolute atomic E-state index is 10.6. The average Bonchev–Trinajstić information content (AvgIpc) is 2.04. The van der Waals surface area contributed by atoms with Gasteiger partial charge in [0.1, 0.15) is 0 Å². The molecule has 13 heavy (non-hydrogen) atoms. The van der Waals surface area contributed by atoms with Crippen molar-refractivity contribution < 1.29 is 4.79 Å². The van der Waals surface area contributed by atoms with Crippen LogP contribution in [-0.4, -0.2) is 10.9 Å². The van der Waals surface area contributed by atoms with Crippen LogP contribution in [-0.2, 0) is 11.2 Å². The van der Waals surface area contributed by atoms with Crippen molar-refractivity contribution >= 4 is 23.1 Å². The average molecular weight is 193 g/mol. The fourth-order valence-electron chi connectivity index (χ4n) is 1.02. The van der Waals surface area contributed by atoms with Gasteiger partial charge in [-0.15, -0.1) is 0 Å². The molecular formula is C10H11NOS. The van der Waals surface area contributed by atoms with E-state index in [0.717, 1.165) is 5.56 Å². The third kappa shape index (κ3) is 3.80. The predicted molar refractivity (Wildman–Crippen MR) is 56.6 cm³/mol. The van der Waals surface area contributed by atoms with Crippen LogP contribution in [0.15, 0.2) is 30.3 Å². The first-order valence-electron chi connectivity index (χ1n) is 4.03. The van der Waals surface area contributed by atoms with E-state index in [-0.39, 0.29) is 5.91 Å². The van der Waals surface area contributed by atoms with Crippen molar-refractivity contribution in [3.63, 3.8) is 0 Å². The summed E-state index contributed by atoms with van der Waals surface area (Å²) in [4.78, 5) is 11.2. The van der Waals surface area contributed by atoms with Crippen molar-refractivity contribution in [2.24, 2.45) is 0 Å². The van der Waals surface area contributed by atoms with Gasteiger partial charge in [-0.25, -0.2) is 0 Å². The van der Waals surface area contributed by atoms with E-state index in [1.54, 1.807) is 0 Å². The van der Waals surface area contributed by atoms with Crippen LogP contribution in [0.3, 0.4) is 0 Å². The minimum atomic E-state index is -0.110. The van der Waals surface area contributed by atoms with E-state index >= 15 is 0 Å². The number of nitrogens with one attached hydrogen (secondary N) is 1. The van der Waals surface area contributed by atoms with E-state index in [9.17, 15) is 4.79 Å². The molecule has 1 aromatic rings. The van der Waals surface area contributed by atoms with Crippen molar-refractivity contribution in [1.29, 1.82) is 0 Å². The highest BCUT2D eigenvalue weighted by Gasteiger charge is 1.99.